The van der Waals surface area contributed by atoms with E-state index in [-0.39, 0.29) is 0 Å². The Bertz CT molecular complexity index is 751. The summed E-state index contributed by atoms with van der Waals surface area (Å²) < 4.78 is 5.80. The van der Waals surface area contributed by atoms with Crippen LogP contribution in [0.25, 0.3) is 0 Å². The summed E-state index contributed by atoms with van der Waals surface area (Å²) in [4.78, 5) is 12.5. The van der Waals surface area contributed by atoms with E-state index < -0.39 is 11.6 Å². The fraction of sp³-hybridized carbons (Fsp3) is 0.0870. The molecule has 1 aliphatic rings. The van der Waals surface area contributed by atoms with Crippen LogP contribution in [0.2, 0.25) is 0 Å². The van der Waals surface area contributed by atoms with Crippen molar-refractivity contribution in [3.05, 3.63) is 122 Å². The summed E-state index contributed by atoms with van der Waals surface area (Å²) in [6.07, 6.45) is 19.0. The first-order valence-electron chi connectivity index (χ1n) is 7.86. The molecule has 2 heteroatoms. The van der Waals surface area contributed by atoms with Gasteiger partial charge in [-0.1, -0.05) is 93.7 Å². The van der Waals surface area contributed by atoms with E-state index >= 15 is 0 Å². The molecule has 0 aromatic rings. The Labute approximate surface area is 150 Å². The summed E-state index contributed by atoms with van der Waals surface area (Å²) in [5, 5.41) is 0. The maximum absolute atomic E-state index is 12.5. The molecule has 0 bridgehead atoms. The molecule has 1 fully saturated rings. The number of hydrogen-bond donors (Lipinski definition) is 0. The maximum atomic E-state index is 12.5. The molecule has 0 amide bonds. The largest absolute Gasteiger partial charge is 0.441 e. The minimum Gasteiger partial charge on any atom is -0.441 e. The highest BCUT2D eigenvalue weighted by Gasteiger charge is 2.50. The first-order chi connectivity index (χ1) is 12.0. The summed E-state index contributed by atoms with van der Waals surface area (Å²) in [6, 6.07) is 0. The highest BCUT2D eigenvalue weighted by atomic mass is 16.6. The molecule has 0 radical (unpaired) electrons. The van der Waals surface area contributed by atoms with Crippen molar-refractivity contribution in [1.82, 2.24) is 0 Å². The lowest BCUT2D eigenvalue weighted by molar-refractivity contribution is -0.140. The Hall–Kier alpha value is -3.13. The molecule has 0 aliphatic carbocycles. The van der Waals surface area contributed by atoms with Gasteiger partial charge in [0.05, 0.1) is 5.57 Å². The molecule has 0 saturated carbocycles. The van der Waals surface area contributed by atoms with Crippen molar-refractivity contribution in [2.45, 2.75) is 12.5 Å². The number of carbonyl (C=O) groups excluding carboxylic acids is 1. The number of cyclic esters (lactones) is 1. The molecule has 1 atom stereocenters. The number of ether oxygens (including phenoxy) is 1. The van der Waals surface area contributed by atoms with E-state index in [1.54, 1.807) is 48.6 Å². The molecule has 0 aromatic heterocycles. The number of carbonyl (C=O) groups is 1. The van der Waals surface area contributed by atoms with E-state index in [0.717, 1.165) is 0 Å². The zero-order chi connectivity index (χ0) is 18.9. The van der Waals surface area contributed by atoms with Crippen LogP contribution in [0.3, 0.4) is 0 Å². The van der Waals surface area contributed by atoms with Crippen LogP contribution in [0.5, 0.6) is 0 Å². The molecule has 1 rings (SSSR count). The second-order valence-electron chi connectivity index (χ2n) is 5.23. The molecular weight excluding hydrogens is 308 g/mol. The second-order valence-corrected chi connectivity index (χ2v) is 5.23. The molecule has 0 N–H and O–H groups in total. The van der Waals surface area contributed by atoms with E-state index in [0.29, 0.717) is 22.3 Å². The molecule has 128 valence electrons. The first kappa shape index (κ1) is 19.9. The quantitative estimate of drug-likeness (QED) is 0.333. The van der Waals surface area contributed by atoms with E-state index in [2.05, 4.69) is 32.9 Å². The SMILES string of the molecule is C=C/C=C\C(=C)C1(C(=C)/C=C\C=C/C)OC(=O)C(=C/C=C)/C1=C\C=C. The number of hydrogen-bond acceptors (Lipinski definition) is 2. The lowest BCUT2D eigenvalue weighted by Gasteiger charge is -2.30. The van der Waals surface area contributed by atoms with Crippen molar-refractivity contribution in [1.29, 1.82) is 0 Å². The van der Waals surface area contributed by atoms with Crippen LogP contribution < -0.4 is 0 Å². The predicted octanol–water partition coefficient (Wildman–Crippen LogP) is 5.49. The van der Waals surface area contributed by atoms with Crippen molar-refractivity contribution >= 4 is 5.97 Å². The number of esters is 1. The molecule has 1 heterocycles. The number of rotatable bonds is 8. The molecule has 0 aromatic carbocycles. The van der Waals surface area contributed by atoms with Crippen LogP contribution in [-0.2, 0) is 9.53 Å². The summed E-state index contributed by atoms with van der Waals surface area (Å²) in [7, 11) is 0. The molecule has 1 saturated heterocycles. The van der Waals surface area contributed by atoms with E-state index in [1.807, 2.05) is 25.2 Å². The van der Waals surface area contributed by atoms with E-state index in [4.69, 9.17) is 4.74 Å². The fourth-order valence-corrected chi connectivity index (χ4v) is 2.53. The van der Waals surface area contributed by atoms with Gasteiger partial charge in [-0.3, -0.25) is 0 Å². The summed E-state index contributed by atoms with van der Waals surface area (Å²) >= 11 is 0. The molecule has 1 unspecified atom stereocenters. The van der Waals surface area contributed by atoms with Crippen LogP contribution in [0.1, 0.15) is 6.92 Å². The van der Waals surface area contributed by atoms with Gasteiger partial charge in [-0.05, 0) is 24.1 Å². The van der Waals surface area contributed by atoms with Crippen molar-refractivity contribution in [3.8, 4) is 0 Å². The average Bonchev–Trinajstić information content (AvgIpc) is 2.87. The third-order valence-corrected chi connectivity index (χ3v) is 3.64. The monoisotopic (exact) mass is 332 g/mol. The molecular formula is C23H24O2. The van der Waals surface area contributed by atoms with Gasteiger partial charge in [-0.15, -0.1) is 0 Å². The molecule has 1 aliphatic heterocycles. The third kappa shape index (κ3) is 4.04. The van der Waals surface area contributed by atoms with Gasteiger partial charge in [0, 0.05) is 5.57 Å². The minimum absolute atomic E-state index is 0.406. The number of allylic oxidation sites excluding steroid dienone is 9. The topological polar surface area (TPSA) is 26.3 Å². The van der Waals surface area contributed by atoms with E-state index in [1.165, 1.54) is 0 Å². The Balaban J connectivity index is 3.67. The third-order valence-electron chi connectivity index (χ3n) is 3.64. The Kier molecular flexibility index (Phi) is 7.36. The average molecular weight is 332 g/mol. The van der Waals surface area contributed by atoms with Gasteiger partial charge in [-0.25, -0.2) is 4.79 Å². The van der Waals surface area contributed by atoms with Gasteiger partial charge in [0.25, 0.3) is 0 Å². The van der Waals surface area contributed by atoms with Crippen molar-refractivity contribution in [2.75, 3.05) is 0 Å². The Morgan fingerprint density at radius 2 is 1.52 bits per heavy atom. The summed E-state index contributed by atoms with van der Waals surface area (Å²) in [6.45, 7) is 21.2. The van der Waals surface area contributed by atoms with Gasteiger partial charge in [0.15, 0.2) is 5.60 Å². The molecule has 25 heavy (non-hydrogen) atoms. The predicted molar refractivity (Wildman–Crippen MR) is 107 cm³/mol. The van der Waals surface area contributed by atoms with Crippen LogP contribution in [0, 0.1) is 0 Å². The van der Waals surface area contributed by atoms with Crippen LogP contribution in [0.4, 0.5) is 0 Å². The van der Waals surface area contributed by atoms with Crippen molar-refractivity contribution in [3.63, 3.8) is 0 Å². The molecule has 0 spiro atoms. The van der Waals surface area contributed by atoms with Gasteiger partial charge in [0.2, 0.25) is 0 Å². The standard InChI is InChI=1S/C23H24O2/c1-7-11-13-17-19(6)23(18(5)16-12-8-2)21(15-10-4)20(14-9-3)22(24)25-23/h7-17H,2-6H2,1H3/b11-7-,16-12-,17-13-,20-14+,21-15+. The lowest BCUT2D eigenvalue weighted by atomic mass is 9.78. The van der Waals surface area contributed by atoms with Crippen LogP contribution >= 0.6 is 0 Å². The highest BCUT2D eigenvalue weighted by Crippen LogP contribution is 2.46. The second kappa shape index (κ2) is 9.24. The van der Waals surface area contributed by atoms with Gasteiger partial charge in [0.1, 0.15) is 0 Å². The molecule has 2 nitrogen and oxygen atoms in total. The minimum atomic E-state index is -1.20. The normalized spacial score (nSPS) is 23.6. The zero-order valence-electron chi connectivity index (χ0n) is 14.7. The first-order valence-corrected chi connectivity index (χ1v) is 7.86. The van der Waals surface area contributed by atoms with Crippen LogP contribution in [-0.4, -0.2) is 11.6 Å². The van der Waals surface area contributed by atoms with Crippen molar-refractivity contribution in [2.24, 2.45) is 0 Å². The summed E-state index contributed by atoms with van der Waals surface area (Å²) in [5.74, 6) is -0.457. The smallest absolute Gasteiger partial charge is 0.340 e. The maximum Gasteiger partial charge on any atom is 0.340 e. The van der Waals surface area contributed by atoms with Gasteiger partial charge in [-0.2, -0.15) is 0 Å². The lowest BCUT2D eigenvalue weighted by Crippen LogP contribution is -2.33. The van der Waals surface area contributed by atoms with E-state index in [9.17, 15) is 4.79 Å². The summed E-state index contributed by atoms with van der Waals surface area (Å²) in [5.41, 5.74) is 0.983. The highest BCUT2D eigenvalue weighted by molar-refractivity contribution is 6.00. The Morgan fingerprint density at radius 1 is 0.920 bits per heavy atom. The zero-order valence-corrected chi connectivity index (χ0v) is 14.7. The Morgan fingerprint density at radius 3 is 2.04 bits per heavy atom. The van der Waals surface area contributed by atoms with Gasteiger partial charge < -0.3 is 4.74 Å². The van der Waals surface area contributed by atoms with Crippen LogP contribution in [0.15, 0.2) is 122 Å². The van der Waals surface area contributed by atoms with Crippen molar-refractivity contribution < 1.29 is 9.53 Å². The van der Waals surface area contributed by atoms with Gasteiger partial charge >= 0.3 is 5.97 Å². The fourth-order valence-electron chi connectivity index (χ4n) is 2.53.